The van der Waals surface area contributed by atoms with Gasteiger partial charge in [0.05, 0.1) is 18.7 Å². The molecule has 1 heterocycles. The van der Waals surface area contributed by atoms with Gasteiger partial charge in [0.1, 0.15) is 5.75 Å². The van der Waals surface area contributed by atoms with E-state index in [-0.39, 0.29) is 12.1 Å². The molecular weight excluding hydrogens is 334 g/mol. The average molecular weight is 356 g/mol. The summed E-state index contributed by atoms with van der Waals surface area (Å²) in [6.45, 7) is 2.94. The van der Waals surface area contributed by atoms with Gasteiger partial charge in [-0.15, -0.1) is 0 Å². The Morgan fingerprint density at radius 2 is 1.83 bits per heavy atom. The molecule has 1 N–H and O–H groups in total. The van der Waals surface area contributed by atoms with Crippen molar-refractivity contribution < 1.29 is 19.1 Å². The van der Waals surface area contributed by atoms with Crippen LogP contribution in [0.2, 0.25) is 5.02 Å². The predicted molar refractivity (Wildman–Crippen MR) is 90.5 cm³/mol. The van der Waals surface area contributed by atoms with Gasteiger partial charge in [0.15, 0.2) is 0 Å². The lowest BCUT2D eigenvalue weighted by Crippen LogP contribution is -2.53. The third-order valence-corrected chi connectivity index (χ3v) is 4.00. The number of para-hydroxylation sites is 1. The molecule has 1 aliphatic rings. The normalized spacial score (nSPS) is 14.2. The fourth-order valence-corrected chi connectivity index (χ4v) is 2.53. The number of hydrogen-bond donors (Lipinski definition) is 1. The van der Waals surface area contributed by atoms with Crippen molar-refractivity contribution in [1.29, 1.82) is 0 Å². The number of nitrogens with zero attached hydrogens (tertiary/aromatic N) is 2. The van der Waals surface area contributed by atoms with Crippen molar-refractivity contribution in [2.75, 3.05) is 46.4 Å². The topological polar surface area (TPSA) is 71.1 Å². The van der Waals surface area contributed by atoms with E-state index < -0.39 is 0 Å². The highest BCUT2D eigenvalue weighted by Crippen LogP contribution is 2.22. The Labute approximate surface area is 146 Å². The third kappa shape index (κ3) is 5.19. The summed E-state index contributed by atoms with van der Waals surface area (Å²) < 4.78 is 10.2. The van der Waals surface area contributed by atoms with Crippen LogP contribution < -0.4 is 10.1 Å². The molecule has 0 atom stereocenters. The maximum Gasteiger partial charge on any atom is 0.409 e. The second-order valence-corrected chi connectivity index (χ2v) is 5.72. The zero-order chi connectivity index (χ0) is 17.4. The summed E-state index contributed by atoms with van der Waals surface area (Å²) in [5, 5.41) is 3.42. The van der Waals surface area contributed by atoms with Crippen LogP contribution >= 0.6 is 11.6 Å². The standard InChI is InChI=1S/C16H22ClN3O4/c1-23-16(22)20-10-8-19(9-11-20)15(21)18-7-4-12-24-14-6-3-2-5-13(14)17/h2-3,5-6H,4,7-12H2,1H3,(H,18,21). The summed E-state index contributed by atoms with van der Waals surface area (Å²) in [6.07, 6.45) is 0.325. The second-order valence-electron chi connectivity index (χ2n) is 5.31. The first-order valence-electron chi connectivity index (χ1n) is 7.85. The molecule has 1 aromatic rings. The monoisotopic (exact) mass is 355 g/mol. The van der Waals surface area contributed by atoms with Crippen molar-refractivity contribution >= 4 is 23.7 Å². The number of urea groups is 1. The highest BCUT2D eigenvalue weighted by molar-refractivity contribution is 6.32. The molecule has 0 unspecified atom stereocenters. The van der Waals surface area contributed by atoms with Gasteiger partial charge in [-0.25, -0.2) is 9.59 Å². The number of halogens is 1. The molecule has 0 radical (unpaired) electrons. The number of methoxy groups -OCH3 is 1. The zero-order valence-corrected chi connectivity index (χ0v) is 14.4. The Morgan fingerprint density at radius 3 is 2.50 bits per heavy atom. The molecule has 0 saturated carbocycles. The van der Waals surface area contributed by atoms with E-state index in [2.05, 4.69) is 10.1 Å². The van der Waals surface area contributed by atoms with Gasteiger partial charge >= 0.3 is 12.1 Å². The molecule has 0 bridgehead atoms. The summed E-state index contributed by atoms with van der Waals surface area (Å²) in [7, 11) is 1.35. The summed E-state index contributed by atoms with van der Waals surface area (Å²) >= 11 is 6.00. The molecule has 0 aromatic heterocycles. The minimum atomic E-state index is -0.355. The van der Waals surface area contributed by atoms with E-state index in [0.717, 1.165) is 0 Å². The first-order valence-corrected chi connectivity index (χ1v) is 8.22. The molecule has 1 saturated heterocycles. The van der Waals surface area contributed by atoms with Crippen molar-refractivity contribution in [3.8, 4) is 5.75 Å². The first kappa shape index (κ1) is 18.2. The number of piperazine rings is 1. The van der Waals surface area contributed by atoms with E-state index in [1.54, 1.807) is 15.9 Å². The number of ether oxygens (including phenoxy) is 2. The first-order chi connectivity index (χ1) is 11.6. The summed E-state index contributed by atoms with van der Waals surface area (Å²) in [5.41, 5.74) is 0. The van der Waals surface area contributed by atoms with Crippen LogP contribution in [0, 0.1) is 0 Å². The Balaban J connectivity index is 1.60. The second kappa shape index (κ2) is 9.22. The fourth-order valence-electron chi connectivity index (χ4n) is 2.34. The highest BCUT2D eigenvalue weighted by atomic mass is 35.5. The molecule has 24 heavy (non-hydrogen) atoms. The van der Waals surface area contributed by atoms with Gasteiger partial charge in [-0.2, -0.15) is 0 Å². The molecule has 0 spiro atoms. The number of amides is 3. The van der Waals surface area contributed by atoms with Crippen LogP contribution in [-0.2, 0) is 4.74 Å². The SMILES string of the molecule is COC(=O)N1CCN(C(=O)NCCCOc2ccccc2Cl)CC1. The Hall–Kier alpha value is -2.15. The van der Waals surface area contributed by atoms with Crippen molar-refractivity contribution in [3.05, 3.63) is 29.3 Å². The van der Waals surface area contributed by atoms with Gasteiger partial charge in [-0.1, -0.05) is 23.7 Å². The van der Waals surface area contributed by atoms with E-state index in [1.807, 2.05) is 18.2 Å². The van der Waals surface area contributed by atoms with Crippen LogP contribution in [0.1, 0.15) is 6.42 Å². The van der Waals surface area contributed by atoms with Crippen molar-refractivity contribution in [2.24, 2.45) is 0 Å². The Morgan fingerprint density at radius 1 is 1.17 bits per heavy atom. The lowest BCUT2D eigenvalue weighted by molar-refractivity contribution is 0.0970. The van der Waals surface area contributed by atoms with Gasteiger partial charge in [0, 0.05) is 32.7 Å². The largest absolute Gasteiger partial charge is 0.492 e. The van der Waals surface area contributed by atoms with Crippen molar-refractivity contribution in [2.45, 2.75) is 6.42 Å². The van der Waals surface area contributed by atoms with Crippen LogP contribution in [0.4, 0.5) is 9.59 Å². The van der Waals surface area contributed by atoms with Gasteiger partial charge in [0.25, 0.3) is 0 Å². The number of rotatable bonds is 5. The number of carbonyl (C=O) groups is 2. The molecule has 3 amide bonds. The minimum absolute atomic E-state index is 0.128. The van der Waals surface area contributed by atoms with Crippen molar-refractivity contribution in [1.82, 2.24) is 15.1 Å². The third-order valence-electron chi connectivity index (χ3n) is 3.69. The van der Waals surface area contributed by atoms with E-state index in [9.17, 15) is 9.59 Å². The quantitative estimate of drug-likeness (QED) is 0.822. The van der Waals surface area contributed by atoms with E-state index in [4.69, 9.17) is 16.3 Å². The Kier molecular flexibility index (Phi) is 6.99. The zero-order valence-electron chi connectivity index (χ0n) is 13.7. The van der Waals surface area contributed by atoms with Crippen LogP contribution in [0.25, 0.3) is 0 Å². The maximum atomic E-state index is 12.0. The van der Waals surface area contributed by atoms with E-state index in [1.165, 1.54) is 7.11 Å². The highest BCUT2D eigenvalue weighted by Gasteiger charge is 2.24. The average Bonchev–Trinajstić information content (AvgIpc) is 2.62. The summed E-state index contributed by atoms with van der Waals surface area (Å²) in [5.74, 6) is 0.643. The van der Waals surface area contributed by atoms with Gasteiger partial charge in [-0.05, 0) is 18.6 Å². The van der Waals surface area contributed by atoms with Crippen molar-refractivity contribution in [3.63, 3.8) is 0 Å². The van der Waals surface area contributed by atoms with E-state index in [0.29, 0.717) is 56.5 Å². The number of hydrogen-bond acceptors (Lipinski definition) is 4. The summed E-state index contributed by atoms with van der Waals surface area (Å²) in [4.78, 5) is 26.7. The molecule has 2 rings (SSSR count). The van der Waals surface area contributed by atoms with Gasteiger partial charge in [-0.3, -0.25) is 0 Å². The number of nitrogens with one attached hydrogen (secondary N) is 1. The maximum absolute atomic E-state index is 12.0. The van der Waals surface area contributed by atoms with Crippen LogP contribution in [-0.4, -0.2) is 68.4 Å². The van der Waals surface area contributed by atoms with Gasteiger partial charge < -0.3 is 24.6 Å². The van der Waals surface area contributed by atoms with Crippen LogP contribution in [0.5, 0.6) is 5.75 Å². The molecule has 1 aromatic carbocycles. The predicted octanol–water partition coefficient (Wildman–Crippen LogP) is 2.20. The molecule has 8 heteroatoms. The summed E-state index contributed by atoms with van der Waals surface area (Å²) in [6, 6.07) is 7.15. The smallest absolute Gasteiger partial charge is 0.409 e. The lowest BCUT2D eigenvalue weighted by Gasteiger charge is -2.33. The Bertz CT molecular complexity index is 562. The molecular formula is C16H22ClN3O4. The number of benzene rings is 1. The van der Waals surface area contributed by atoms with Crippen LogP contribution in [0.15, 0.2) is 24.3 Å². The molecule has 7 nitrogen and oxygen atoms in total. The molecule has 132 valence electrons. The fraction of sp³-hybridized carbons (Fsp3) is 0.500. The molecule has 1 aliphatic heterocycles. The molecule has 1 fully saturated rings. The van der Waals surface area contributed by atoms with E-state index >= 15 is 0 Å². The number of carbonyl (C=O) groups excluding carboxylic acids is 2. The minimum Gasteiger partial charge on any atom is -0.492 e. The van der Waals surface area contributed by atoms with Crippen LogP contribution in [0.3, 0.4) is 0 Å². The molecule has 0 aliphatic carbocycles. The van der Waals surface area contributed by atoms with Gasteiger partial charge in [0.2, 0.25) is 0 Å². The lowest BCUT2D eigenvalue weighted by atomic mass is 10.3.